The summed E-state index contributed by atoms with van der Waals surface area (Å²) in [7, 11) is 0. The summed E-state index contributed by atoms with van der Waals surface area (Å²) in [4.78, 5) is 15.5. The molecular weight excluding hydrogens is 380 g/mol. The standard InChI is InChI=1S/C20H21F2N5O2/c1-3-11(4-2)19-25-15(12-5-16(29-20(21)22)18(23)24-8-12)7-17(26-19)27-9-14-6-13(27)10-28-14/h3-5,7-8,11,13-14,20H,1-2,6,9-10H2,(H2,23,24)/t13-,14-/m0/s1. The second-order valence-electron chi connectivity index (χ2n) is 6.95. The molecule has 152 valence electrons. The summed E-state index contributed by atoms with van der Waals surface area (Å²) in [5, 5.41) is 0. The molecule has 2 saturated heterocycles. The van der Waals surface area contributed by atoms with E-state index >= 15 is 0 Å². The van der Waals surface area contributed by atoms with Gasteiger partial charge in [0.05, 0.1) is 30.4 Å². The maximum absolute atomic E-state index is 12.7. The van der Waals surface area contributed by atoms with Crippen LogP contribution >= 0.6 is 0 Å². The van der Waals surface area contributed by atoms with Crippen molar-refractivity contribution >= 4 is 11.6 Å². The van der Waals surface area contributed by atoms with Crippen LogP contribution in [-0.2, 0) is 4.74 Å². The number of fused-ring (bicyclic) bond motifs is 2. The zero-order chi connectivity index (χ0) is 20.5. The average molecular weight is 401 g/mol. The minimum absolute atomic E-state index is 0.118. The van der Waals surface area contributed by atoms with Crippen LogP contribution in [0.5, 0.6) is 5.75 Å². The molecule has 0 spiro atoms. The predicted molar refractivity (Wildman–Crippen MR) is 105 cm³/mol. The van der Waals surface area contributed by atoms with Gasteiger partial charge in [-0.05, 0) is 12.5 Å². The van der Waals surface area contributed by atoms with Crippen LogP contribution in [0.3, 0.4) is 0 Å². The molecule has 29 heavy (non-hydrogen) atoms. The van der Waals surface area contributed by atoms with E-state index in [1.807, 2.05) is 6.07 Å². The molecule has 0 unspecified atom stereocenters. The van der Waals surface area contributed by atoms with Crippen LogP contribution in [0, 0.1) is 0 Å². The molecule has 2 aliphatic heterocycles. The Labute approximate surface area is 166 Å². The first-order valence-corrected chi connectivity index (χ1v) is 9.21. The molecule has 2 bridgehead atoms. The first-order chi connectivity index (χ1) is 14.0. The predicted octanol–water partition coefficient (Wildman–Crippen LogP) is 3.16. The number of nitrogens with zero attached hydrogens (tertiary/aromatic N) is 4. The van der Waals surface area contributed by atoms with Crippen molar-refractivity contribution in [2.45, 2.75) is 31.1 Å². The topological polar surface area (TPSA) is 86.4 Å². The quantitative estimate of drug-likeness (QED) is 0.713. The smallest absolute Gasteiger partial charge is 0.387 e. The average Bonchev–Trinajstić information content (AvgIpc) is 3.34. The minimum Gasteiger partial charge on any atom is -0.431 e. The molecule has 7 nitrogen and oxygen atoms in total. The van der Waals surface area contributed by atoms with Crippen LogP contribution in [0.1, 0.15) is 18.2 Å². The molecule has 2 aromatic rings. The van der Waals surface area contributed by atoms with Gasteiger partial charge in [0, 0.05) is 24.4 Å². The van der Waals surface area contributed by atoms with Crippen LogP contribution in [0.25, 0.3) is 11.3 Å². The van der Waals surface area contributed by atoms with E-state index < -0.39 is 6.61 Å². The Kier molecular flexibility index (Phi) is 5.14. The summed E-state index contributed by atoms with van der Waals surface area (Å²) in [6.45, 7) is 6.03. The monoisotopic (exact) mass is 401 g/mol. The van der Waals surface area contributed by atoms with E-state index in [2.05, 4.69) is 32.8 Å². The van der Waals surface area contributed by atoms with E-state index in [1.165, 1.54) is 12.3 Å². The Balaban J connectivity index is 1.78. The lowest BCUT2D eigenvalue weighted by Gasteiger charge is -2.28. The van der Waals surface area contributed by atoms with E-state index in [-0.39, 0.29) is 29.6 Å². The Bertz CT molecular complexity index is 931. The second kappa shape index (κ2) is 7.75. The number of aromatic nitrogens is 3. The number of pyridine rings is 1. The molecule has 2 atom stereocenters. The zero-order valence-corrected chi connectivity index (χ0v) is 15.7. The van der Waals surface area contributed by atoms with Gasteiger partial charge in [-0.3, -0.25) is 0 Å². The lowest BCUT2D eigenvalue weighted by atomic mass is 10.1. The van der Waals surface area contributed by atoms with Crippen molar-refractivity contribution in [2.24, 2.45) is 0 Å². The van der Waals surface area contributed by atoms with E-state index in [0.29, 0.717) is 23.7 Å². The van der Waals surface area contributed by atoms with Crippen LogP contribution in [0.15, 0.2) is 43.6 Å². The first-order valence-electron chi connectivity index (χ1n) is 9.21. The fourth-order valence-corrected chi connectivity index (χ4v) is 3.67. The van der Waals surface area contributed by atoms with E-state index in [9.17, 15) is 8.78 Å². The summed E-state index contributed by atoms with van der Waals surface area (Å²) >= 11 is 0. The highest BCUT2D eigenvalue weighted by Gasteiger charge is 2.40. The van der Waals surface area contributed by atoms with Crippen molar-refractivity contribution in [1.29, 1.82) is 0 Å². The summed E-state index contributed by atoms with van der Waals surface area (Å²) in [5.74, 6) is 0.676. The van der Waals surface area contributed by atoms with Crippen LogP contribution < -0.4 is 15.4 Å². The number of rotatable bonds is 7. The van der Waals surface area contributed by atoms with Crippen molar-refractivity contribution < 1.29 is 18.3 Å². The van der Waals surface area contributed by atoms with Gasteiger partial charge in [0.1, 0.15) is 11.6 Å². The minimum atomic E-state index is -3.00. The van der Waals surface area contributed by atoms with Gasteiger partial charge in [-0.2, -0.15) is 8.78 Å². The van der Waals surface area contributed by atoms with E-state index in [0.717, 1.165) is 18.8 Å². The number of allylic oxidation sites excluding steroid dienone is 2. The Hall–Kier alpha value is -3.07. The maximum atomic E-state index is 12.7. The summed E-state index contributed by atoms with van der Waals surface area (Å²) in [5.41, 5.74) is 6.67. The number of hydrogen-bond acceptors (Lipinski definition) is 7. The lowest BCUT2D eigenvalue weighted by Crippen LogP contribution is -2.37. The number of anilines is 2. The van der Waals surface area contributed by atoms with Gasteiger partial charge in [0.15, 0.2) is 11.6 Å². The van der Waals surface area contributed by atoms with E-state index in [1.54, 1.807) is 12.2 Å². The fourth-order valence-electron chi connectivity index (χ4n) is 3.67. The van der Waals surface area contributed by atoms with Crippen molar-refractivity contribution in [3.05, 3.63) is 49.5 Å². The highest BCUT2D eigenvalue weighted by Crippen LogP contribution is 2.35. The molecule has 0 aliphatic carbocycles. The molecule has 9 heteroatoms. The Morgan fingerprint density at radius 1 is 1.28 bits per heavy atom. The van der Waals surface area contributed by atoms with Gasteiger partial charge >= 0.3 is 6.61 Å². The van der Waals surface area contributed by atoms with Gasteiger partial charge in [-0.15, -0.1) is 13.2 Å². The van der Waals surface area contributed by atoms with Crippen LogP contribution in [0.4, 0.5) is 20.4 Å². The third kappa shape index (κ3) is 3.77. The lowest BCUT2D eigenvalue weighted by molar-refractivity contribution is -0.0494. The molecule has 0 saturated carbocycles. The molecule has 2 aliphatic rings. The largest absolute Gasteiger partial charge is 0.431 e. The normalized spacial score (nSPS) is 20.5. The van der Waals surface area contributed by atoms with Crippen molar-refractivity contribution in [2.75, 3.05) is 23.8 Å². The first kappa shape index (κ1) is 19.3. The molecule has 4 rings (SSSR count). The number of nitrogens with two attached hydrogens (primary N) is 1. The number of morpholine rings is 1. The molecular formula is C20H21F2N5O2. The Morgan fingerprint density at radius 2 is 2.07 bits per heavy atom. The second-order valence-corrected chi connectivity index (χ2v) is 6.95. The summed E-state index contributed by atoms with van der Waals surface area (Å²) < 4.78 is 35.5. The molecule has 0 aromatic carbocycles. The summed E-state index contributed by atoms with van der Waals surface area (Å²) in [6.07, 6.45) is 6.01. The van der Waals surface area contributed by atoms with Crippen molar-refractivity contribution in [3.63, 3.8) is 0 Å². The maximum Gasteiger partial charge on any atom is 0.387 e. The third-order valence-electron chi connectivity index (χ3n) is 5.12. The van der Waals surface area contributed by atoms with Crippen molar-refractivity contribution in [1.82, 2.24) is 15.0 Å². The van der Waals surface area contributed by atoms with Crippen LogP contribution in [-0.4, -0.2) is 46.9 Å². The van der Waals surface area contributed by atoms with Gasteiger partial charge < -0.3 is 20.1 Å². The third-order valence-corrected chi connectivity index (χ3v) is 5.12. The van der Waals surface area contributed by atoms with E-state index in [4.69, 9.17) is 15.5 Å². The Morgan fingerprint density at radius 3 is 2.69 bits per heavy atom. The van der Waals surface area contributed by atoms with Crippen LogP contribution in [0.2, 0.25) is 0 Å². The van der Waals surface area contributed by atoms with Crippen molar-refractivity contribution in [3.8, 4) is 17.0 Å². The SMILES string of the molecule is C=CC(C=C)c1nc(-c2cnc(N)c(OC(F)F)c2)cc(N2C[C@@H]3C[C@H]2CO3)n1. The number of halogens is 2. The molecule has 0 amide bonds. The fraction of sp³-hybridized carbons (Fsp3) is 0.350. The molecule has 2 aromatic heterocycles. The zero-order valence-electron chi connectivity index (χ0n) is 15.7. The van der Waals surface area contributed by atoms with Gasteiger partial charge in [0.25, 0.3) is 0 Å². The molecule has 2 N–H and O–H groups in total. The summed E-state index contributed by atoms with van der Waals surface area (Å²) in [6, 6.07) is 3.47. The number of ether oxygens (including phenoxy) is 2. The number of hydrogen-bond donors (Lipinski definition) is 1. The highest BCUT2D eigenvalue weighted by atomic mass is 19.3. The number of alkyl halides is 2. The highest BCUT2D eigenvalue weighted by molar-refractivity contribution is 5.67. The van der Waals surface area contributed by atoms with Gasteiger partial charge in [-0.1, -0.05) is 12.2 Å². The van der Waals surface area contributed by atoms with Gasteiger partial charge in [-0.25, -0.2) is 15.0 Å². The molecule has 4 heterocycles. The molecule has 0 radical (unpaired) electrons. The van der Waals surface area contributed by atoms with Gasteiger partial charge in [0.2, 0.25) is 0 Å². The molecule has 2 fully saturated rings. The number of nitrogen functional groups attached to an aromatic ring is 1.